The van der Waals surface area contributed by atoms with Crippen LogP contribution in [0.2, 0.25) is 0 Å². The molecule has 0 fully saturated rings. The summed E-state index contributed by atoms with van der Waals surface area (Å²) < 4.78 is 0. The standard InChI is InChI=1S/C18H22O/c1-14-6-5-11-18(2,3)17(14)10-9-15-7-4-8-16(12-15)13-19/h4,7-10,12-13H,5-6,11H2,1-3H3/b10-9+. The second-order valence-electron chi connectivity index (χ2n) is 6.05. The predicted molar refractivity (Wildman–Crippen MR) is 81.2 cm³/mol. The van der Waals surface area contributed by atoms with Gasteiger partial charge in [0.05, 0.1) is 0 Å². The molecule has 1 nitrogen and oxygen atoms in total. The second kappa shape index (κ2) is 5.56. The van der Waals surface area contributed by atoms with E-state index in [-0.39, 0.29) is 5.41 Å². The first kappa shape index (κ1) is 13.8. The molecule has 1 aliphatic carbocycles. The molecule has 19 heavy (non-hydrogen) atoms. The first-order valence-electron chi connectivity index (χ1n) is 6.96. The topological polar surface area (TPSA) is 17.1 Å². The van der Waals surface area contributed by atoms with Gasteiger partial charge in [0.1, 0.15) is 6.29 Å². The van der Waals surface area contributed by atoms with Crippen molar-refractivity contribution in [2.24, 2.45) is 5.41 Å². The Morgan fingerprint density at radius 2 is 1.89 bits per heavy atom. The van der Waals surface area contributed by atoms with Crippen LogP contribution in [0.4, 0.5) is 0 Å². The van der Waals surface area contributed by atoms with E-state index in [9.17, 15) is 4.79 Å². The summed E-state index contributed by atoms with van der Waals surface area (Å²) in [5, 5.41) is 0. The van der Waals surface area contributed by atoms with E-state index in [1.807, 2.05) is 24.3 Å². The zero-order valence-electron chi connectivity index (χ0n) is 12.1. The highest BCUT2D eigenvalue weighted by atomic mass is 16.1. The molecule has 0 amide bonds. The third-order valence-electron chi connectivity index (χ3n) is 4.03. The fourth-order valence-electron chi connectivity index (χ4n) is 2.93. The van der Waals surface area contributed by atoms with Gasteiger partial charge in [-0.25, -0.2) is 0 Å². The van der Waals surface area contributed by atoms with Crippen molar-refractivity contribution in [2.45, 2.75) is 40.0 Å². The highest BCUT2D eigenvalue weighted by Gasteiger charge is 2.26. The van der Waals surface area contributed by atoms with Crippen LogP contribution < -0.4 is 0 Å². The zero-order chi connectivity index (χ0) is 13.9. The number of benzene rings is 1. The Balaban J connectivity index is 2.28. The summed E-state index contributed by atoms with van der Waals surface area (Å²) in [7, 11) is 0. The van der Waals surface area contributed by atoms with E-state index in [1.54, 1.807) is 0 Å². The second-order valence-corrected chi connectivity index (χ2v) is 6.05. The lowest BCUT2D eigenvalue weighted by molar-refractivity contribution is 0.112. The minimum atomic E-state index is 0.265. The maximum atomic E-state index is 10.8. The SMILES string of the molecule is CC1=C(/C=C/c2cccc(C=O)c2)C(C)(C)CCC1. The first-order valence-corrected chi connectivity index (χ1v) is 6.96. The molecule has 100 valence electrons. The Kier molecular flexibility index (Phi) is 4.04. The van der Waals surface area contributed by atoms with Crippen LogP contribution in [0.25, 0.3) is 6.08 Å². The Labute approximate surface area is 116 Å². The van der Waals surface area contributed by atoms with E-state index in [1.165, 1.54) is 30.4 Å². The summed E-state index contributed by atoms with van der Waals surface area (Å²) in [5.74, 6) is 0. The number of hydrogen-bond donors (Lipinski definition) is 0. The van der Waals surface area contributed by atoms with Crippen molar-refractivity contribution in [3.8, 4) is 0 Å². The van der Waals surface area contributed by atoms with Crippen LogP contribution in [0.5, 0.6) is 0 Å². The predicted octanol–water partition coefficient (Wildman–Crippen LogP) is 5.04. The number of hydrogen-bond acceptors (Lipinski definition) is 1. The van der Waals surface area contributed by atoms with E-state index >= 15 is 0 Å². The van der Waals surface area contributed by atoms with Crippen LogP contribution >= 0.6 is 0 Å². The van der Waals surface area contributed by atoms with Crippen molar-refractivity contribution in [1.29, 1.82) is 0 Å². The van der Waals surface area contributed by atoms with Gasteiger partial charge < -0.3 is 0 Å². The van der Waals surface area contributed by atoms with Crippen molar-refractivity contribution >= 4 is 12.4 Å². The molecule has 0 bridgehead atoms. The summed E-state index contributed by atoms with van der Waals surface area (Å²) in [6.07, 6.45) is 9.00. The van der Waals surface area contributed by atoms with Gasteiger partial charge in [0.25, 0.3) is 0 Å². The molecule has 1 aromatic carbocycles. The molecule has 1 aromatic rings. The van der Waals surface area contributed by atoms with Gasteiger partial charge in [-0.05, 0) is 48.8 Å². The van der Waals surface area contributed by atoms with E-state index in [2.05, 4.69) is 32.9 Å². The molecule has 1 heteroatoms. The van der Waals surface area contributed by atoms with Crippen molar-refractivity contribution in [2.75, 3.05) is 0 Å². The largest absolute Gasteiger partial charge is 0.298 e. The van der Waals surface area contributed by atoms with Gasteiger partial charge in [0.2, 0.25) is 0 Å². The van der Waals surface area contributed by atoms with Gasteiger partial charge in [-0.3, -0.25) is 4.79 Å². The van der Waals surface area contributed by atoms with Crippen LogP contribution in [0.3, 0.4) is 0 Å². The lowest BCUT2D eigenvalue weighted by Crippen LogP contribution is -2.18. The molecular weight excluding hydrogens is 232 g/mol. The summed E-state index contributed by atoms with van der Waals surface area (Å²) in [4.78, 5) is 10.8. The summed E-state index contributed by atoms with van der Waals surface area (Å²) in [6.45, 7) is 6.87. The third-order valence-corrected chi connectivity index (χ3v) is 4.03. The van der Waals surface area contributed by atoms with E-state index in [4.69, 9.17) is 0 Å². The van der Waals surface area contributed by atoms with Crippen LogP contribution in [0, 0.1) is 5.41 Å². The Bertz CT molecular complexity index is 532. The Hall–Kier alpha value is -1.63. The number of rotatable bonds is 3. The number of carbonyl (C=O) groups excluding carboxylic acids is 1. The fourth-order valence-corrected chi connectivity index (χ4v) is 2.93. The van der Waals surface area contributed by atoms with E-state index in [0.29, 0.717) is 0 Å². The molecule has 0 aliphatic heterocycles. The molecule has 0 aromatic heterocycles. The van der Waals surface area contributed by atoms with E-state index < -0.39 is 0 Å². The molecule has 0 saturated carbocycles. The minimum Gasteiger partial charge on any atom is -0.298 e. The van der Waals surface area contributed by atoms with Gasteiger partial charge in [0, 0.05) is 5.56 Å². The summed E-state index contributed by atoms with van der Waals surface area (Å²) >= 11 is 0. The Morgan fingerprint density at radius 1 is 1.16 bits per heavy atom. The molecule has 1 aliphatic rings. The lowest BCUT2D eigenvalue weighted by atomic mass is 9.72. The quantitative estimate of drug-likeness (QED) is 0.691. The zero-order valence-corrected chi connectivity index (χ0v) is 12.1. The number of allylic oxidation sites excluding steroid dienone is 3. The van der Waals surface area contributed by atoms with E-state index in [0.717, 1.165) is 17.4 Å². The molecule has 2 rings (SSSR count). The number of carbonyl (C=O) groups is 1. The van der Waals surface area contributed by atoms with Crippen molar-refractivity contribution in [1.82, 2.24) is 0 Å². The van der Waals surface area contributed by atoms with Crippen molar-refractivity contribution in [3.05, 3.63) is 52.6 Å². The van der Waals surface area contributed by atoms with Gasteiger partial charge >= 0.3 is 0 Å². The molecule has 0 heterocycles. The minimum absolute atomic E-state index is 0.265. The van der Waals surface area contributed by atoms with Crippen LogP contribution in [0.1, 0.15) is 56.0 Å². The van der Waals surface area contributed by atoms with Gasteiger partial charge in [-0.1, -0.05) is 49.8 Å². The molecule has 0 spiro atoms. The molecular formula is C18H22O. The average Bonchev–Trinajstić information content (AvgIpc) is 2.37. The van der Waals surface area contributed by atoms with Gasteiger partial charge in [-0.2, -0.15) is 0 Å². The maximum absolute atomic E-state index is 10.8. The smallest absolute Gasteiger partial charge is 0.150 e. The Morgan fingerprint density at radius 3 is 2.58 bits per heavy atom. The number of aldehydes is 1. The van der Waals surface area contributed by atoms with Crippen LogP contribution in [-0.4, -0.2) is 6.29 Å². The van der Waals surface area contributed by atoms with Crippen LogP contribution in [0.15, 0.2) is 41.5 Å². The van der Waals surface area contributed by atoms with Crippen molar-refractivity contribution < 1.29 is 4.79 Å². The summed E-state index contributed by atoms with van der Waals surface area (Å²) in [5.41, 5.74) is 5.04. The molecule has 0 N–H and O–H groups in total. The molecule has 0 saturated heterocycles. The molecule has 0 atom stereocenters. The molecule has 0 radical (unpaired) electrons. The van der Waals surface area contributed by atoms with Crippen LogP contribution in [-0.2, 0) is 0 Å². The third kappa shape index (κ3) is 3.23. The average molecular weight is 254 g/mol. The molecule has 0 unspecified atom stereocenters. The maximum Gasteiger partial charge on any atom is 0.150 e. The lowest BCUT2D eigenvalue weighted by Gasteiger charge is -2.32. The first-order chi connectivity index (χ1) is 9.03. The fraction of sp³-hybridized carbons (Fsp3) is 0.389. The normalized spacial score (nSPS) is 18.9. The summed E-state index contributed by atoms with van der Waals surface area (Å²) in [6, 6.07) is 7.72. The monoisotopic (exact) mass is 254 g/mol. The van der Waals surface area contributed by atoms with Gasteiger partial charge in [-0.15, -0.1) is 0 Å². The highest BCUT2D eigenvalue weighted by molar-refractivity contribution is 5.76. The van der Waals surface area contributed by atoms with Crippen molar-refractivity contribution in [3.63, 3.8) is 0 Å². The van der Waals surface area contributed by atoms with Gasteiger partial charge in [0.15, 0.2) is 0 Å². The highest BCUT2D eigenvalue weighted by Crippen LogP contribution is 2.40.